The van der Waals surface area contributed by atoms with Crippen molar-refractivity contribution in [3.63, 3.8) is 0 Å². The van der Waals surface area contributed by atoms with E-state index in [0.29, 0.717) is 12.0 Å². The molecule has 0 aliphatic carbocycles. The monoisotopic (exact) mass is 268 g/mol. The van der Waals surface area contributed by atoms with E-state index in [2.05, 4.69) is 24.1 Å². The van der Waals surface area contributed by atoms with E-state index in [0.717, 1.165) is 38.2 Å². The van der Waals surface area contributed by atoms with Crippen LogP contribution in [0.5, 0.6) is 0 Å². The molecule has 0 aromatic heterocycles. The Balaban J connectivity index is 2.10. The molecule has 1 N–H and O–H groups in total. The number of nitrogens with one attached hydrogen (secondary N) is 1. The lowest BCUT2D eigenvalue weighted by Gasteiger charge is -2.27. The second kappa shape index (κ2) is 6.33. The second-order valence-electron chi connectivity index (χ2n) is 5.68. The van der Waals surface area contributed by atoms with Gasteiger partial charge in [-0.2, -0.15) is 0 Å². The summed E-state index contributed by atoms with van der Waals surface area (Å²) in [5, 5.41) is 3.53. The van der Waals surface area contributed by atoms with Crippen LogP contribution in [-0.2, 0) is 0 Å². The van der Waals surface area contributed by atoms with Crippen LogP contribution in [0.25, 0.3) is 0 Å². The largest absolute Gasteiger partial charge is 0.370 e. The highest BCUT2D eigenvalue weighted by Gasteiger charge is 2.19. The van der Waals surface area contributed by atoms with E-state index >= 15 is 0 Å². The summed E-state index contributed by atoms with van der Waals surface area (Å²) in [6, 6.07) is 4.58. The fourth-order valence-corrected chi connectivity index (χ4v) is 2.64. The van der Waals surface area contributed by atoms with Crippen LogP contribution >= 0.6 is 0 Å². The van der Waals surface area contributed by atoms with Crippen molar-refractivity contribution in [3.8, 4) is 0 Å². The summed E-state index contributed by atoms with van der Waals surface area (Å²) in [4.78, 5) is 2.15. The van der Waals surface area contributed by atoms with Crippen molar-refractivity contribution in [1.29, 1.82) is 0 Å². The molecule has 0 radical (unpaired) electrons. The molecule has 0 spiro atoms. The lowest BCUT2D eigenvalue weighted by Crippen LogP contribution is -2.38. The SMILES string of the molecule is CC(C)CC1CN(c2ccc(F)c(F)c2)CCCN1. The minimum Gasteiger partial charge on any atom is -0.370 e. The van der Waals surface area contributed by atoms with Gasteiger partial charge in [0.15, 0.2) is 11.6 Å². The molecular weight excluding hydrogens is 246 g/mol. The van der Waals surface area contributed by atoms with Crippen molar-refractivity contribution in [2.45, 2.75) is 32.7 Å². The van der Waals surface area contributed by atoms with Crippen LogP contribution in [0.15, 0.2) is 18.2 Å². The van der Waals surface area contributed by atoms with E-state index < -0.39 is 11.6 Å². The summed E-state index contributed by atoms with van der Waals surface area (Å²) in [6.45, 7) is 7.12. The number of nitrogens with zero attached hydrogens (tertiary/aromatic N) is 1. The normalized spacial score (nSPS) is 20.7. The molecule has 2 rings (SSSR count). The third kappa shape index (κ3) is 3.90. The van der Waals surface area contributed by atoms with Crippen LogP contribution < -0.4 is 10.2 Å². The number of halogens is 2. The van der Waals surface area contributed by atoms with Gasteiger partial charge in [-0.05, 0) is 37.4 Å². The molecule has 4 heteroatoms. The molecule has 1 aromatic carbocycles. The molecule has 0 saturated carbocycles. The van der Waals surface area contributed by atoms with E-state index in [1.807, 2.05) is 0 Å². The number of rotatable bonds is 3. The van der Waals surface area contributed by atoms with Gasteiger partial charge < -0.3 is 10.2 Å². The van der Waals surface area contributed by atoms with E-state index in [-0.39, 0.29) is 0 Å². The third-order valence-corrected chi connectivity index (χ3v) is 3.50. The Morgan fingerprint density at radius 1 is 1.32 bits per heavy atom. The average Bonchev–Trinajstić information content (AvgIpc) is 2.57. The lowest BCUT2D eigenvalue weighted by atomic mass is 10.0. The van der Waals surface area contributed by atoms with E-state index in [1.54, 1.807) is 6.07 Å². The zero-order valence-corrected chi connectivity index (χ0v) is 11.6. The Hall–Kier alpha value is -1.16. The molecule has 1 aromatic rings. The molecule has 1 heterocycles. The van der Waals surface area contributed by atoms with Gasteiger partial charge in [0.2, 0.25) is 0 Å². The molecule has 1 aliphatic rings. The van der Waals surface area contributed by atoms with Crippen molar-refractivity contribution >= 4 is 5.69 Å². The van der Waals surface area contributed by atoms with E-state index in [9.17, 15) is 8.78 Å². The van der Waals surface area contributed by atoms with Crippen LogP contribution in [0.1, 0.15) is 26.7 Å². The van der Waals surface area contributed by atoms with Gasteiger partial charge in [-0.3, -0.25) is 0 Å². The first-order valence-corrected chi connectivity index (χ1v) is 6.99. The number of hydrogen-bond acceptors (Lipinski definition) is 2. The van der Waals surface area contributed by atoms with Crippen molar-refractivity contribution in [2.75, 3.05) is 24.5 Å². The Labute approximate surface area is 113 Å². The molecule has 106 valence electrons. The van der Waals surface area contributed by atoms with Gasteiger partial charge in [-0.1, -0.05) is 13.8 Å². The Bertz CT molecular complexity index is 421. The number of benzene rings is 1. The number of hydrogen-bond donors (Lipinski definition) is 1. The van der Waals surface area contributed by atoms with Crippen molar-refractivity contribution in [2.24, 2.45) is 5.92 Å². The molecule has 1 fully saturated rings. The maximum atomic E-state index is 13.3. The predicted molar refractivity (Wildman–Crippen MR) is 74.4 cm³/mol. The highest BCUT2D eigenvalue weighted by molar-refractivity contribution is 5.47. The van der Waals surface area contributed by atoms with Crippen LogP contribution in [-0.4, -0.2) is 25.7 Å². The summed E-state index contributed by atoms with van der Waals surface area (Å²) in [5.74, 6) is -0.923. The van der Waals surface area contributed by atoms with Gasteiger partial charge in [-0.15, -0.1) is 0 Å². The zero-order valence-electron chi connectivity index (χ0n) is 11.6. The molecule has 1 aliphatic heterocycles. The standard InChI is InChI=1S/C15H22F2N2/c1-11(2)8-12-10-19(7-3-6-18-12)13-4-5-14(16)15(17)9-13/h4-5,9,11-12,18H,3,6-8,10H2,1-2H3. The topological polar surface area (TPSA) is 15.3 Å². The Kier molecular flexibility index (Phi) is 4.75. The quantitative estimate of drug-likeness (QED) is 0.905. The zero-order chi connectivity index (χ0) is 13.8. The average molecular weight is 268 g/mol. The van der Waals surface area contributed by atoms with Gasteiger partial charge >= 0.3 is 0 Å². The van der Waals surface area contributed by atoms with Gasteiger partial charge in [-0.25, -0.2) is 8.78 Å². The highest BCUT2D eigenvalue weighted by Crippen LogP contribution is 2.20. The van der Waals surface area contributed by atoms with Gasteiger partial charge in [0.05, 0.1) is 0 Å². The molecular formula is C15H22F2N2. The van der Waals surface area contributed by atoms with E-state index in [4.69, 9.17) is 0 Å². The first kappa shape index (κ1) is 14.3. The molecule has 0 amide bonds. The fourth-order valence-electron chi connectivity index (χ4n) is 2.64. The second-order valence-corrected chi connectivity index (χ2v) is 5.68. The molecule has 1 atom stereocenters. The summed E-state index contributed by atoms with van der Waals surface area (Å²) in [7, 11) is 0. The summed E-state index contributed by atoms with van der Waals surface area (Å²) in [5.41, 5.74) is 0.774. The molecule has 2 nitrogen and oxygen atoms in total. The summed E-state index contributed by atoms with van der Waals surface area (Å²) >= 11 is 0. The highest BCUT2D eigenvalue weighted by atomic mass is 19.2. The molecule has 19 heavy (non-hydrogen) atoms. The van der Waals surface area contributed by atoms with Crippen LogP contribution in [0.4, 0.5) is 14.5 Å². The van der Waals surface area contributed by atoms with E-state index in [1.165, 1.54) is 12.1 Å². The van der Waals surface area contributed by atoms with Crippen LogP contribution in [0, 0.1) is 17.6 Å². The van der Waals surface area contributed by atoms with Crippen molar-refractivity contribution in [1.82, 2.24) is 5.32 Å². The van der Waals surface area contributed by atoms with Crippen molar-refractivity contribution < 1.29 is 8.78 Å². The minimum atomic E-state index is -0.782. The number of anilines is 1. The van der Waals surface area contributed by atoms with Crippen LogP contribution in [0.3, 0.4) is 0 Å². The summed E-state index contributed by atoms with van der Waals surface area (Å²) in [6.07, 6.45) is 2.12. The van der Waals surface area contributed by atoms with Gasteiger partial charge in [0.1, 0.15) is 0 Å². The van der Waals surface area contributed by atoms with Crippen LogP contribution in [0.2, 0.25) is 0 Å². The first-order chi connectivity index (χ1) is 9.06. The first-order valence-electron chi connectivity index (χ1n) is 6.99. The maximum absolute atomic E-state index is 13.3. The Morgan fingerprint density at radius 3 is 2.79 bits per heavy atom. The molecule has 1 saturated heterocycles. The predicted octanol–water partition coefficient (Wildman–Crippen LogP) is 3.18. The third-order valence-electron chi connectivity index (χ3n) is 3.50. The van der Waals surface area contributed by atoms with Crippen molar-refractivity contribution in [3.05, 3.63) is 29.8 Å². The minimum absolute atomic E-state index is 0.413. The van der Waals surface area contributed by atoms with Gasteiger partial charge in [0, 0.05) is 30.9 Å². The molecule has 1 unspecified atom stereocenters. The fraction of sp³-hybridized carbons (Fsp3) is 0.600. The molecule has 0 bridgehead atoms. The van der Waals surface area contributed by atoms with Gasteiger partial charge in [0.25, 0.3) is 0 Å². The maximum Gasteiger partial charge on any atom is 0.160 e. The smallest absolute Gasteiger partial charge is 0.160 e. The Morgan fingerprint density at radius 2 is 2.11 bits per heavy atom. The lowest BCUT2D eigenvalue weighted by molar-refractivity contribution is 0.436. The summed E-state index contributed by atoms with van der Waals surface area (Å²) < 4.78 is 26.3.